The molecule has 0 aliphatic carbocycles. The molecule has 1 aromatic carbocycles. The number of nitrogens with one attached hydrogen (secondary N) is 1. The smallest absolute Gasteiger partial charge is 0.263 e. The summed E-state index contributed by atoms with van der Waals surface area (Å²) in [6, 6.07) is 2.78. The zero-order chi connectivity index (χ0) is 16.5. The molecule has 0 radical (unpaired) electrons. The van der Waals surface area contributed by atoms with Gasteiger partial charge in [0.15, 0.2) is 0 Å². The van der Waals surface area contributed by atoms with Gasteiger partial charge in [0.25, 0.3) is 10.0 Å². The summed E-state index contributed by atoms with van der Waals surface area (Å²) in [4.78, 5) is 2.37. The van der Waals surface area contributed by atoms with Crippen molar-refractivity contribution in [3.05, 3.63) is 53.7 Å². The molecule has 0 amide bonds. The quantitative estimate of drug-likeness (QED) is 0.875. The van der Waals surface area contributed by atoms with E-state index >= 15 is 0 Å². The first kappa shape index (κ1) is 16.1. The zero-order valence-corrected chi connectivity index (χ0v) is 11.3. The molecular weight excluding hydrogens is 331 g/mol. The topological polar surface area (TPSA) is 59.1 Å². The number of halogens is 5. The van der Waals surface area contributed by atoms with Gasteiger partial charge in [0, 0.05) is 6.20 Å². The van der Waals surface area contributed by atoms with Gasteiger partial charge in [-0.15, -0.1) is 0 Å². The molecule has 0 aliphatic rings. The maximum absolute atomic E-state index is 13.5. The highest BCUT2D eigenvalue weighted by molar-refractivity contribution is 7.92. The third-order valence-corrected chi connectivity index (χ3v) is 3.88. The van der Waals surface area contributed by atoms with Crippen LogP contribution in [-0.2, 0) is 16.2 Å². The lowest BCUT2D eigenvalue weighted by atomic mass is 10.2. The third-order valence-electron chi connectivity index (χ3n) is 2.51. The maximum atomic E-state index is 13.5. The van der Waals surface area contributed by atoms with Crippen LogP contribution in [0.5, 0.6) is 0 Å². The fourth-order valence-corrected chi connectivity index (χ4v) is 2.63. The fraction of sp³-hybridized carbons (Fsp3) is 0.0833. The molecular formula is C12H7F5N2O2S. The van der Waals surface area contributed by atoms with E-state index < -0.39 is 44.1 Å². The molecule has 10 heteroatoms. The van der Waals surface area contributed by atoms with Crippen molar-refractivity contribution in [3.63, 3.8) is 0 Å². The second kappa shape index (κ2) is 5.52. The summed E-state index contributed by atoms with van der Waals surface area (Å²) in [5.74, 6) is -2.93. The average molecular weight is 338 g/mol. The van der Waals surface area contributed by atoms with Crippen LogP contribution >= 0.6 is 0 Å². The van der Waals surface area contributed by atoms with Crippen molar-refractivity contribution in [3.8, 4) is 0 Å². The number of hydrogen-bond donors (Lipinski definition) is 1. The lowest BCUT2D eigenvalue weighted by Crippen LogP contribution is -2.16. The van der Waals surface area contributed by atoms with Gasteiger partial charge in [-0.3, -0.25) is 4.72 Å². The van der Waals surface area contributed by atoms with Crippen LogP contribution in [0.3, 0.4) is 0 Å². The highest BCUT2D eigenvalue weighted by atomic mass is 32.2. The molecule has 1 N–H and O–H groups in total. The molecule has 0 saturated carbocycles. The first-order chi connectivity index (χ1) is 10.1. The van der Waals surface area contributed by atoms with Gasteiger partial charge in [-0.2, -0.15) is 13.2 Å². The lowest BCUT2D eigenvalue weighted by molar-refractivity contribution is -0.137. The Morgan fingerprint density at radius 1 is 1.05 bits per heavy atom. The molecule has 1 heterocycles. The molecule has 2 rings (SSSR count). The van der Waals surface area contributed by atoms with Crippen LogP contribution in [0.25, 0.3) is 0 Å². The van der Waals surface area contributed by atoms with E-state index in [0.29, 0.717) is 30.3 Å². The van der Waals surface area contributed by atoms with Crippen LogP contribution < -0.4 is 4.72 Å². The minimum absolute atomic E-state index is 0.408. The summed E-state index contributed by atoms with van der Waals surface area (Å²) in [5, 5.41) is 0. The predicted octanol–water partition coefficient (Wildman–Crippen LogP) is 3.18. The van der Waals surface area contributed by atoms with Crippen molar-refractivity contribution >= 4 is 15.8 Å². The van der Waals surface area contributed by atoms with E-state index in [-0.39, 0.29) is 0 Å². The number of hydrogen-bond acceptors (Lipinski definition) is 3. The molecule has 0 bridgehead atoms. The highest BCUT2D eigenvalue weighted by Gasteiger charge is 2.31. The summed E-state index contributed by atoms with van der Waals surface area (Å²) in [6.07, 6.45) is -3.96. The van der Waals surface area contributed by atoms with Gasteiger partial charge in [-0.1, -0.05) is 0 Å². The monoisotopic (exact) mass is 338 g/mol. The van der Waals surface area contributed by atoms with E-state index in [1.165, 1.54) is 0 Å². The second-order valence-electron chi connectivity index (χ2n) is 4.11. The van der Waals surface area contributed by atoms with Gasteiger partial charge in [-0.05, 0) is 30.3 Å². The summed E-state index contributed by atoms with van der Waals surface area (Å²) in [5.41, 5.74) is -1.14. The van der Waals surface area contributed by atoms with Gasteiger partial charge >= 0.3 is 6.18 Å². The molecule has 0 atom stereocenters. The Bertz CT molecular complexity index is 805. The van der Waals surface area contributed by atoms with E-state index in [1.807, 2.05) is 0 Å². The van der Waals surface area contributed by atoms with Crippen molar-refractivity contribution < 1.29 is 30.4 Å². The Hall–Kier alpha value is -2.23. The normalized spacial score (nSPS) is 12.2. The van der Waals surface area contributed by atoms with Crippen LogP contribution in [0.15, 0.2) is 41.4 Å². The molecule has 22 heavy (non-hydrogen) atoms. The summed E-state index contributed by atoms with van der Waals surface area (Å²) in [7, 11) is -4.62. The molecule has 2 aromatic rings. The number of benzene rings is 1. The standard InChI is InChI=1S/C12H7F5N2O2S/c13-8-1-2-9(14)10(6-8)22(20,21)19-11-5-7(3-4-18-11)12(15,16)17/h1-6H,(H,18,19). The molecule has 0 fully saturated rings. The molecule has 4 nitrogen and oxygen atoms in total. The zero-order valence-electron chi connectivity index (χ0n) is 10.5. The molecule has 0 aliphatic heterocycles. The Morgan fingerprint density at radius 3 is 2.36 bits per heavy atom. The van der Waals surface area contributed by atoms with Crippen LogP contribution in [-0.4, -0.2) is 13.4 Å². The minimum Gasteiger partial charge on any atom is -0.263 e. The second-order valence-corrected chi connectivity index (χ2v) is 5.76. The Kier molecular flexibility index (Phi) is 4.05. The summed E-state index contributed by atoms with van der Waals surface area (Å²) < 4.78 is 89.5. The van der Waals surface area contributed by atoms with Crippen molar-refractivity contribution in [2.24, 2.45) is 0 Å². The molecule has 118 valence electrons. The van der Waals surface area contributed by atoms with Gasteiger partial charge in [-0.25, -0.2) is 22.2 Å². The highest BCUT2D eigenvalue weighted by Crippen LogP contribution is 2.30. The SMILES string of the molecule is O=S(=O)(Nc1cc(C(F)(F)F)ccn1)c1cc(F)ccc1F. The van der Waals surface area contributed by atoms with E-state index in [2.05, 4.69) is 4.98 Å². The largest absolute Gasteiger partial charge is 0.416 e. The van der Waals surface area contributed by atoms with E-state index in [1.54, 1.807) is 4.72 Å². The number of pyridine rings is 1. The van der Waals surface area contributed by atoms with Crippen molar-refractivity contribution in [2.45, 2.75) is 11.1 Å². The Labute approximate surface area is 121 Å². The van der Waals surface area contributed by atoms with E-state index in [4.69, 9.17) is 0 Å². The van der Waals surface area contributed by atoms with Gasteiger partial charge in [0.05, 0.1) is 5.56 Å². The van der Waals surface area contributed by atoms with Crippen molar-refractivity contribution in [1.82, 2.24) is 4.98 Å². The third kappa shape index (κ3) is 3.50. The lowest BCUT2D eigenvalue weighted by Gasteiger charge is -2.11. The number of sulfonamides is 1. The summed E-state index contributed by atoms with van der Waals surface area (Å²) >= 11 is 0. The van der Waals surface area contributed by atoms with Crippen molar-refractivity contribution in [1.29, 1.82) is 0 Å². The Morgan fingerprint density at radius 2 is 1.73 bits per heavy atom. The van der Waals surface area contributed by atoms with E-state index in [0.717, 1.165) is 6.20 Å². The first-order valence-electron chi connectivity index (χ1n) is 5.61. The van der Waals surface area contributed by atoms with Gasteiger partial charge in [0.2, 0.25) is 0 Å². The van der Waals surface area contributed by atoms with Gasteiger partial charge in [0.1, 0.15) is 22.3 Å². The number of anilines is 1. The van der Waals surface area contributed by atoms with E-state index in [9.17, 15) is 30.4 Å². The number of nitrogens with zero attached hydrogens (tertiary/aromatic N) is 1. The molecule has 0 unspecified atom stereocenters. The maximum Gasteiger partial charge on any atom is 0.416 e. The molecule has 0 saturated heterocycles. The Balaban J connectivity index is 2.39. The van der Waals surface area contributed by atoms with Crippen LogP contribution in [0, 0.1) is 11.6 Å². The average Bonchev–Trinajstić information content (AvgIpc) is 2.40. The fourth-order valence-electron chi connectivity index (χ4n) is 1.54. The number of aromatic nitrogens is 1. The molecule has 1 aromatic heterocycles. The first-order valence-corrected chi connectivity index (χ1v) is 7.09. The van der Waals surface area contributed by atoms with Gasteiger partial charge < -0.3 is 0 Å². The number of alkyl halides is 3. The van der Waals surface area contributed by atoms with Crippen LogP contribution in [0.2, 0.25) is 0 Å². The molecule has 0 spiro atoms. The number of rotatable bonds is 3. The predicted molar refractivity (Wildman–Crippen MR) is 66.4 cm³/mol. The van der Waals surface area contributed by atoms with Crippen LogP contribution in [0.4, 0.5) is 27.8 Å². The minimum atomic E-state index is -4.70. The van der Waals surface area contributed by atoms with Crippen LogP contribution in [0.1, 0.15) is 5.56 Å². The summed E-state index contributed by atoms with van der Waals surface area (Å²) in [6.45, 7) is 0. The van der Waals surface area contributed by atoms with Crippen molar-refractivity contribution in [2.75, 3.05) is 4.72 Å².